The third kappa shape index (κ3) is 4.99. The number of hydrazone groups is 1. The minimum Gasteiger partial charge on any atom is -0.493 e. The molecule has 0 saturated carbocycles. The summed E-state index contributed by atoms with van der Waals surface area (Å²) in [6.45, 7) is 5.91. The van der Waals surface area contributed by atoms with Crippen LogP contribution in [0.25, 0.3) is 6.08 Å². The van der Waals surface area contributed by atoms with Gasteiger partial charge in [0.15, 0.2) is 11.5 Å². The first-order valence-electron chi connectivity index (χ1n) is 11.1. The van der Waals surface area contributed by atoms with E-state index in [0.29, 0.717) is 40.5 Å². The van der Waals surface area contributed by atoms with Crippen LogP contribution in [0.5, 0.6) is 11.5 Å². The number of ether oxygens (including phenoxy) is 2. The largest absolute Gasteiger partial charge is 0.493 e. The fourth-order valence-electron chi connectivity index (χ4n) is 3.89. The quantitative estimate of drug-likeness (QED) is 0.318. The molecule has 0 unspecified atom stereocenters. The van der Waals surface area contributed by atoms with Crippen molar-refractivity contribution in [3.8, 4) is 17.6 Å². The van der Waals surface area contributed by atoms with Crippen LogP contribution in [0, 0.1) is 11.3 Å². The van der Waals surface area contributed by atoms with Crippen molar-refractivity contribution in [2.75, 3.05) is 12.1 Å². The molecule has 0 saturated heterocycles. The van der Waals surface area contributed by atoms with Crippen molar-refractivity contribution in [1.29, 1.82) is 5.26 Å². The van der Waals surface area contributed by atoms with Gasteiger partial charge in [-0.05, 0) is 55.3 Å². The molecule has 0 aromatic heterocycles. The highest BCUT2D eigenvalue weighted by Crippen LogP contribution is 2.36. The molecule has 6 nitrogen and oxygen atoms in total. The van der Waals surface area contributed by atoms with Crippen molar-refractivity contribution in [2.24, 2.45) is 5.10 Å². The van der Waals surface area contributed by atoms with Gasteiger partial charge in [-0.2, -0.15) is 15.4 Å². The summed E-state index contributed by atoms with van der Waals surface area (Å²) < 4.78 is 11.8. The summed E-state index contributed by atoms with van der Waals surface area (Å²) in [6.07, 6.45) is 4.14. The van der Waals surface area contributed by atoms with Gasteiger partial charge in [0.2, 0.25) is 0 Å². The first kappa shape index (κ1) is 23.5. The van der Waals surface area contributed by atoms with Crippen LogP contribution in [0.15, 0.2) is 90.1 Å². The summed E-state index contributed by atoms with van der Waals surface area (Å²) in [5, 5.41) is 15.2. The highest BCUT2D eigenvalue weighted by Gasteiger charge is 2.28. The molecule has 3 aromatic carbocycles. The van der Waals surface area contributed by atoms with Crippen molar-refractivity contribution < 1.29 is 14.3 Å². The van der Waals surface area contributed by atoms with Crippen LogP contribution < -0.4 is 14.5 Å². The second-order valence-electron chi connectivity index (χ2n) is 7.96. The smallest absolute Gasteiger partial charge is 0.280 e. The number of hydrogen-bond acceptors (Lipinski definition) is 5. The number of benzene rings is 3. The molecule has 0 N–H and O–H groups in total. The van der Waals surface area contributed by atoms with Crippen LogP contribution in [0.1, 0.15) is 29.2 Å². The van der Waals surface area contributed by atoms with Gasteiger partial charge in [0.25, 0.3) is 5.91 Å². The van der Waals surface area contributed by atoms with Gasteiger partial charge >= 0.3 is 0 Å². The molecule has 4 rings (SSSR count). The molecule has 174 valence electrons. The van der Waals surface area contributed by atoms with Gasteiger partial charge in [0, 0.05) is 11.1 Å². The van der Waals surface area contributed by atoms with E-state index >= 15 is 0 Å². The Bertz CT molecular complexity index is 1370. The number of para-hydroxylation sites is 1. The first-order chi connectivity index (χ1) is 17.0. The maximum absolute atomic E-state index is 13.1. The average molecular weight is 464 g/mol. The van der Waals surface area contributed by atoms with E-state index in [1.807, 2.05) is 73.7 Å². The van der Waals surface area contributed by atoms with Crippen molar-refractivity contribution in [1.82, 2.24) is 0 Å². The lowest BCUT2D eigenvalue weighted by Gasteiger charge is -2.16. The van der Waals surface area contributed by atoms with E-state index in [-0.39, 0.29) is 12.5 Å². The summed E-state index contributed by atoms with van der Waals surface area (Å²) in [6, 6.07) is 22.6. The lowest BCUT2D eigenvalue weighted by molar-refractivity contribution is -0.114. The van der Waals surface area contributed by atoms with E-state index in [2.05, 4.69) is 17.7 Å². The minimum absolute atomic E-state index is 0.189. The number of carbonyl (C=O) groups is 1. The number of hydrogen-bond donors (Lipinski definition) is 0. The predicted molar refractivity (Wildman–Crippen MR) is 137 cm³/mol. The molecule has 1 heterocycles. The summed E-state index contributed by atoms with van der Waals surface area (Å²) >= 11 is 0. The Morgan fingerprint density at radius 3 is 2.54 bits per heavy atom. The molecule has 0 atom stereocenters. The lowest BCUT2D eigenvalue weighted by atomic mass is 10.0. The minimum atomic E-state index is -0.189. The zero-order valence-corrected chi connectivity index (χ0v) is 19.7. The molecular formula is C29H25N3O3. The number of anilines is 1. The van der Waals surface area contributed by atoms with E-state index < -0.39 is 0 Å². The van der Waals surface area contributed by atoms with Gasteiger partial charge in [-0.15, -0.1) is 6.58 Å². The highest BCUT2D eigenvalue weighted by molar-refractivity contribution is 6.32. The van der Waals surface area contributed by atoms with E-state index in [0.717, 1.165) is 16.7 Å². The molecule has 0 radical (unpaired) electrons. The Kier molecular flexibility index (Phi) is 7.08. The van der Waals surface area contributed by atoms with E-state index in [1.54, 1.807) is 19.3 Å². The number of methoxy groups -OCH3 is 1. The zero-order chi connectivity index (χ0) is 24.8. The molecule has 1 aliphatic rings. The zero-order valence-electron chi connectivity index (χ0n) is 19.7. The Hall–Kier alpha value is -4.63. The number of nitrogens with zero attached hydrogens (tertiary/aromatic N) is 3. The molecule has 3 aromatic rings. The Morgan fingerprint density at radius 2 is 1.83 bits per heavy atom. The number of carbonyl (C=O) groups excluding carboxylic acids is 1. The topological polar surface area (TPSA) is 74.9 Å². The van der Waals surface area contributed by atoms with E-state index in [1.165, 1.54) is 5.01 Å². The second kappa shape index (κ2) is 10.5. The van der Waals surface area contributed by atoms with Gasteiger partial charge < -0.3 is 9.47 Å². The van der Waals surface area contributed by atoms with Crippen LogP contribution >= 0.6 is 0 Å². The molecule has 0 spiro atoms. The van der Waals surface area contributed by atoms with Crippen molar-refractivity contribution in [2.45, 2.75) is 20.0 Å². The van der Waals surface area contributed by atoms with Crippen LogP contribution in [0.4, 0.5) is 5.69 Å². The van der Waals surface area contributed by atoms with Crippen LogP contribution in [-0.4, -0.2) is 18.7 Å². The molecule has 0 fully saturated rings. The maximum Gasteiger partial charge on any atom is 0.280 e. The van der Waals surface area contributed by atoms with Crippen molar-refractivity contribution in [3.05, 3.63) is 107 Å². The summed E-state index contributed by atoms with van der Waals surface area (Å²) in [5.74, 6) is 0.924. The number of rotatable bonds is 8. The first-order valence-corrected chi connectivity index (χ1v) is 11.1. The Labute approximate surface area is 205 Å². The maximum atomic E-state index is 13.1. The van der Waals surface area contributed by atoms with Crippen LogP contribution in [-0.2, 0) is 17.8 Å². The second-order valence-corrected chi connectivity index (χ2v) is 7.96. The third-order valence-electron chi connectivity index (χ3n) is 5.62. The monoisotopic (exact) mass is 463 g/mol. The van der Waals surface area contributed by atoms with Gasteiger partial charge in [-0.1, -0.05) is 42.5 Å². The third-order valence-corrected chi connectivity index (χ3v) is 5.62. The van der Waals surface area contributed by atoms with Gasteiger partial charge in [-0.25, -0.2) is 0 Å². The number of amides is 1. The number of nitriles is 1. The standard InChI is InChI=1S/C29H25N3O3/c1-4-10-22-15-21(16-26-20(2)31-32(29(26)33)25-13-6-5-7-14-25)17-27(34-3)28(22)35-19-24-12-9-8-11-23(24)18-30/h4-9,11-17H,1,10,19H2,2-3H3/b26-16+. The van der Waals surface area contributed by atoms with Gasteiger partial charge in [0.05, 0.1) is 35.7 Å². The molecular weight excluding hydrogens is 438 g/mol. The van der Waals surface area contributed by atoms with Gasteiger partial charge in [-0.3, -0.25) is 4.79 Å². The van der Waals surface area contributed by atoms with Gasteiger partial charge in [0.1, 0.15) is 6.61 Å². The Morgan fingerprint density at radius 1 is 1.09 bits per heavy atom. The van der Waals surface area contributed by atoms with E-state index in [4.69, 9.17) is 9.47 Å². The molecule has 1 aliphatic heterocycles. The fourth-order valence-corrected chi connectivity index (χ4v) is 3.89. The lowest BCUT2D eigenvalue weighted by Crippen LogP contribution is -2.21. The van der Waals surface area contributed by atoms with Crippen LogP contribution in [0.3, 0.4) is 0 Å². The molecule has 0 bridgehead atoms. The fraction of sp³-hybridized carbons (Fsp3) is 0.138. The summed E-state index contributed by atoms with van der Waals surface area (Å²) in [7, 11) is 1.57. The molecule has 6 heteroatoms. The predicted octanol–water partition coefficient (Wildman–Crippen LogP) is 5.68. The average Bonchev–Trinajstić information content (AvgIpc) is 3.17. The van der Waals surface area contributed by atoms with Crippen LogP contribution in [0.2, 0.25) is 0 Å². The normalized spacial score (nSPS) is 14.0. The SMILES string of the molecule is C=CCc1cc(/C=C2/C(=O)N(c3ccccc3)N=C2C)cc(OC)c1OCc1ccccc1C#N. The molecule has 1 amide bonds. The highest BCUT2D eigenvalue weighted by atomic mass is 16.5. The summed E-state index contributed by atoms with van der Waals surface area (Å²) in [5.41, 5.74) is 4.87. The molecule has 35 heavy (non-hydrogen) atoms. The Balaban J connectivity index is 1.67. The van der Waals surface area contributed by atoms with E-state index in [9.17, 15) is 10.1 Å². The van der Waals surface area contributed by atoms with Crippen molar-refractivity contribution in [3.63, 3.8) is 0 Å². The molecule has 0 aliphatic carbocycles. The summed E-state index contributed by atoms with van der Waals surface area (Å²) in [4.78, 5) is 13.1. The number of allylic oxidation sites excluding steroid dienone is 1. The van der Waals surface area contributed by atoms with Crippen molar-refractivity contribution >= 4 is 23.4 Å².